The number of nitrogens with one attached hydrogen (secondary N) is 1. The second-order valence-electron chi connectivity index (χ2n) is 5.36. The highest BCUT2D eigenvalue weighted by Crippen LogP contribution is 2.21. The predicted octanol–water partition coefficient (Wildman–Crippen LogP) is 0.529. The lowest BCUT2D eigenvalue weighted by Gasteiger charge is -2.35. The van der Waals surface area contributed by atoms with Crippen LogP contribution < -0.4 is 11.1 Å². The summed E-state index contributed by atoms with van der Waals surface area (Å²) in [4.78, 5) is 26.1. The molecule has 1 rings (SSSR count). The van der Waals surface area contributed by atoms with E-state index in [9.17, 15) is 9.59 Å². The van der Waals surface area contributed by atoms with Crippen LogP contribution in [0.3, 0.4) is 0 Å². The first-order chi connectivity index (χ1) is 8.88. The highest BCUT2D eigenvalue weighted by molar-refractivity contribution is 7.80. The van der Waals surface area contributed by atoms with Crippen LogP contribution in [-0.4, -0.2) is 41.8 Å². The number of rotatable bonds is 4. The lowest BCUT2D eigenvalue weighted by atomic mass is 9.91. The monoisotopic (exact) mass is 285 g/mol. The molecule has 1 saturated heterocycles. The van der Waals surface area contributed by atoms with Crippen LogP contribution in [0.15, 0.2) is 0 Å². The van der Waals surface area contributed by atoms with Gasteiger partial charge >= 0.3 is 0 Å². The van der Waals surface area contributed by atoms with Gasteiger partial charge in [-0.3, -0.25) is 9.59 Å². The van der Waals surface area contributed by atoms with Gasteiger partial charge in [0.2, 0.25) is 11.8 Å². The number of hydrogen-bond acceptors (Lipinski definition) is 3. The van der Waals surface area contributed by atoms with Gasteiger partial charge < -0.3 is 16.0 Å². The van der Waals surface area contributed by atoms with Crippen molar-refractivity contribution in [3.05, 3.63) is 0 Å². The Morgan fingerprint density at radius 2 is 2.05 bits per heavy atom. The zero-order valence-corrected chi connectivity index (χ0v) is 12.6. The first-order valence-electron chi connectivity index (χ1n) is 6.68. The van der Waals surface area contributed by atoms with E-state index in [1.807, 2.05) is 13.8 Å². The molecule has 108 valence electrons. The van der Waals surface area contributed by atoms with Crippen molar-refractivity contribution in [2.24, 2.45) is 23.5 Å². The second kappa shape index (κ2) is 6.84. The summed E-state index contributed by atoms with van der Waals surface area (Å²) in [6, 6.07) is 0. The first kappa shape index (κ1) is 15.9. The molecule has 19 heavy (non-hydrogen) atoms. The Kier molecular flexibility index (Phi) is 5.72. The van der Waals surface area contributed by atoms with E-state index >= 15 is 0 Å². The molecule has 0 radical (unpaired) electrons. The Morgan fingerprint density at radius 3 is 2.53 bits per heavy atom. The van der Waals surface area contributed by atoms with E-state index < -0.39 is 5.92 Å². The summed E-state index contributed by atoms with van der Waals surface area (Å²) in [6.07, 6.45) is 1.66. The fourth-order valence-electron chi connectivity index (χ4n) is 2.53. The minimum atomic E-state index is -0.432. The Balaban J connectivity index is 2.76. The fourth-order valence-corrected chi connectivity index (χ4v) is 2.90. The van der Waals surface area contributed by atoms with E-state index in [1.165, 1.54) is 0 Å². The van der Waals surface area contributed by atoms with Crippen LogP contribution in [0.4, 0.5) is 0 Å². The molecule has 0 aromatic rings. The van der Waals surface area contributed by atoms with Crippen LogP contribution in [0.2, 0.25) is 0 Å². The number of carbonyl (C=O) groups excluding carboxylic acids is 2. The summed E-state index contributed by atoms with van der Waals surface area (Å²) in [5, 5.41) is 2.64. The van der Waals surface area contributed by atoms with Crippen molar-refractivity contribution in [3.8, 4) is 0 Å². The quantitative estimate of drug-likeness (QED) is 0.739. The zero-order valence-electron chi connectivity index (χ0n) is 11.8. The molecule has 6 heteroatoms. The molecule has 2 amide bonds. The molecule has 0 aromatic heterocycles. The van der Waals surface area contributed by atoms with E-state index in [0.29, 0.717) is 13.1 Å². The molecule has 1 aliphatic rings. The van der Waals surface area contributed by atoms with E-state index in [-0.39, 0.29) is 28.6 Å². The molecule has 0 spiro atoms. The lowest BCUT2D eigenvalue weighted by Crippen LogP contribution is -2.49. The van der Waals surface area contributed by atoms with Gasteiger partial charge in [-0.05, 0) is 18.8 Å². The standard InChI is InChI=1S/C13H23N3O2S/c1-8(2)10(11(14)19)13(18)16-6-4-5-9(7-16)12(17)15-3/h8-10H,4-7H2,1-3H3,(H2,14,19)(H,15,17). The third-order valence-electron chi connectivity index (χ3n) is 3.59. The van der Waals surface area contributed by atoms with Gasteiger partial charge in [0.25, 0.3) is 0 Å². The Bertz CT molecular complexity index is 371. The molecular weight excluding hydrogens is 262 g/mol. The smallest absolute Gasteiger partial charge is 0.232 e. The minimum absolute atomic E-state index is 0.00563. The maximum absolute atomic E-state index is 12.5. The minimum Gasteiger partial charge on any atom is -0.393 e. The topological polar surface area (TPSA) is 75.4 Å². The fraction of sp³-hybridized carbons (Fsp3) is 0.769. The summed E-state index contributed by atoms with van der Waals surface area (Å²) in [7, 11) is 1.62. The SMILES string of the molecule is CNC(=O)C1CCCN(C(=O)C(C(N)=S)C(C)C)C1. The van der Waals surface area contributed by atoms with Crippen molar-refractivity contribution in [1.29, 1.82) is 0 Å². The third-order valence-corrected chi connectivity index (χ3v) is 3.84. The number of nitrogens with zero attached hydrogens (tertiary/aromatic N) is 1. The number of amides is 2. The van der Waals surface area contributed by atoms with Crippen molar-refractivity contribution in [1.82, 2.24) is 10.2 Å². The van der Waals surface area contributed by atoms with Gasteiger partial charge in [0.15, 0.2) is 0 Å². The van der Waals surface area contributed by atoms with E-state index in [2.05, 4.69) is 5.32 Å². The molecule has 1 heterocycles. The highest BCUT2D eigenvalue weighted by Gasteiger charge is 2.33. The van der Waals surface area contributed by atoms with Crippen LogP contribution in [0, 0.1) is 17.8 Å². The van der Waals surface area contributed by atoms with Gasteiger partial charge in [-0.25, -0.2) is 0 Å². The van der Waals surface area contributed by atoms with Crippen LogP contribution >= 0.6 is 12.2 Å². The molecule has 0 aromatic carbocycles. The number of likely N-dealkylation sites (tertiary alicyclic amines) is 1. The summed E-state index contributed by atoms with van der Waals surface area (Å²) in [5.41, 5.74) is 5.67. The number of carbonyl (C=O) groups is 2. The van der Waals surface area contributed by atoms with Gasteiger partial charge in [-0.15, -0.1) is 0 Å². The maximum atomic E-state index is 12.5. The zero-order chi connectivity index (χ0) is 14.6. The average Bonchev–Trinajstić information content (AvgIpc) is 2.37. The van der Waals surface area contributed by atoms with Crippen molar-refractivity contribution >= 4 is 29.0 Å². The van der Waals surface area contributed by atoms with Crippen molar-refractivity contribution in [2.45, 2.75) is 26.7 Å². The van der Waals surface area contributed by atoms with Gasteiger partial charge in [0.05, 0.1) is 16.8 Å². The number of thiocarbonyl (C=S) groups is 1. The molecule has 0 saturated carbocycles. The molecule has 1 fully saturated rings. The summed E-state index contributed by atoms with van der Waals surface area (Å²) >= 11 is 4.99. The Hall–Kier alpha value is -1.17. The van der Waals surface area contributed by atoms with Gasteiger partial charge in [-0.2, -0.15) is 0 Å². The first-order valence-corrected chi connectivity index (χ1v) is 7.09. The molecule has 5 nitrogen and oxygen atoms in total. The van der Waals surface area contributed by atoms with Crippen LogP contribution in [0.1, 0.15) is 26.7 Å². The highest BCUT2D eigenvalue weighted by atomic mass is 32.1. The maximum Gasteiger partial charge on any atom is 0.232 e. The summed E-state index contributed by atoms with van der Waals surface area (Å²) < 4.78 is 0. The van der Waals surface area contributed by atoms with E-state index in [0.717, 1.165) is 12.8 Å². The van der Waals surface area contributed by atoms with Gasteiger partial charge in [0.1, 0.15) is 0 Å². The molecule has 0 aliphatic carbocycles. The van der Waals surface area contributed by atoms with Crippen LogP contribution in [0.5, 0.6) is 0 Å². The predicted molar refractivity (Wildman–Crippen MR) is 78.5 cm³/mol. The largest absolute Gasteiger partial charge is 0.393 e. The van der Waals surface area contributed by atoms with Crippen molar-refractivity contribution in [3.63, 3.8) is 0 Å². The van der Waals surface area contributed by atoms with Gasteiger partial charge in [0, 0.05) is 20.1 Å². The third kappa shape index (κ3) is 3.89. The van der Waals surface area contributed by atoms with Crippen LogP contribution in [-0.2, 0) is 9.59 Å². The Morgan fingerprint density at radius 1 is 1.42 bits per heavy atom. The van der Waals surface area contributed by atoms with E-state index in [1.54, 1.807) is 11.9 Å². The van der Waals surface area contributed by atoms with Crippen LogP contribution in [0.25, 0.3) is 0 Å². The molecule has 1 aliphatic heterocycles. The Labute approximate surface area is 119 Å². The van der Waals surface area contributed by atoms with Crippen molar-refractivity contribution < 1.29 is 9.59 Å². The number of hydrogen-bond donors (Lipinski definition) is 2. The molecular formula is C13H23N3O2S. The molecule has 0 bridgehead atoms. The normalized spacial score (nSPS) is 21.1. The van der Waals surface area contributed by atoms with Crippen molar-refractivity contribution in [2.75, 3.05) is 20.1 Å². The second-order valence-corrected chi connectivity index (χ2v) is 5.83. The summed E-state index contributed by atoms with van der Waals surface area (Å²) in [6.45, 7) is 5.01. The molecule has 3 N–H and O–H groups in total. The molecule has 2 unspecified atom stereocenters. The van der Waals surface area contributed by atoms with E-state index in [4.69, 9.17) is 18.0 Å². The average molecular weight is 285 g/mol. The summed E-state index contributed by atoms with van der Waals surface area (Å²) in [5.74, 6) is -0.532. The number of nitrogens with two attached hydrogens (primary N) is 1. The number of piperidine rings is 1. The molecule has 2 atom stereocenters. The van der Waals surface area contributed by atoms with Gasteiger partial charge in [-0.1, -0.05) is 26.1 Å². The lowest BCUT2D eigenvalue weighted by molar-refractivity contribution is -0.138.